The van der Waals surface area contributed by atoms with E-state index in [-0.39, 0.29) is 5.82 Å². The first-order valence-electron chi connectivity index (χ1n) is 5.64. The molecular weight excluding hydrogens is 207 g/mol. The Hall–Kier alpha value is -1.20. The Kier molecular flexibility index (Phi) is 4.07. The number of hydrogen-bond donors (Lipinski definition) is 2. The van der Waals surface area contributed by atoms with Gasteiger partial charge in [0.1, 0.15) is 0 Å². The molecule has 88 valence electrons. The van der Waals surface area contributed by atoms with Crippen LogP contribution in [-0.2, 0) is 0 Å². The second-order valence-corrected chi connectivity index (χ2v) is 3.85. The van der Waals surface area contributed by atoms with Crippen LogP contribution in [0.3, 0.4) is 0 Å². The Morgan fingerprint density at radius 3 is 3.00 bits per heavy atom. The number of aromatic nitrogens is 1. The predicted octanol–water partition coefficient (Wildman–Crippen LogP) is 0.538. The van der Waals surface area contributed by atoms with Gasteiger partial charge in [-0.15, -0.1) is 0 Å². The third kappa shape index (κ3) is 3.15. The Labute approximate surface area is 94.9 Å². The maximum absolute atomic E-state index is 13.2. The highest BCUT2D eigenvalue weighted by molar-refractivity contribution is 5.35. The Bertz CT molecular complexity index is 326. The van der Waals surface area contributed by atoms with Crippen molar-refractivity contribution < 1.29 is 4.39 Å². The molecule has 1 aromatic heterocycles. The van der Waals surface area contributed by atoms with Crippen LogP contribution in [0.2, 0.25) is 0 Å². The molecule has 0 spiro atoms. The standard InChI is InChI=1S/C11H17FN4/c12-10-2-1-3-14-11(10)15-6-9-16-7-4-13-5-8-16/h1-3,13H,4-9H2,(H,14,15). The number of halogens is 1. The summed E-state index contributed by atoms with van der Waals surface area (Å²) in [6, 6.07) is 3.01. The Morgan fingerprint density at radius 2 is 2.25 bits per heavy atom. The second kappa shape index (κ2) is 5.77. The zero-order valence-electron chi connectivity index (χ0n) is 9.25. The summed E-state index contributed by atoms with van der Waals surface area (Å²) in [4.78, 5) is 6.30. The summed E-state index contributed by atoms with van der Waals surface area (Å²) < 4.78 is 13.2. The number of nitrogens with zero attached hydrogens (tertiary/aromatic N) is 2. The predicted molar refractivity (Wildman–Crippen MR) is 62.0 cm³/mol. The van der Waals surface area contributed by atoms with Crippen molar-refractivity contribution in [2.24, 2.45) is 0 Å². The van der Waals surface area contributed by atoms with Crippen molar-refractivity contribution in [1.82, 2.24) is 15.2 Å². The molecule has 2 rings (SSSR count). The molecule has 1 saturated heterocycles. The van der Waals surface area contributed by atoms with E-state index < -0.39 is 0 Å². The molecule has 1 aliphatic rings. The minimum Gasteiger partial charge on any atom is -0.366 e. The highest BCUT2D eigenvalue weighted by atomic mass is 19.1. The van der Waals surface area contributed by atoms with Gasteiger partial charge >= 0.3 is 0 Å². The Morgan fingerprint density at radius 1 is 1.44 bits per heavy atom. The lowest BCUT2D eigenvalue weighted by Crippen LogP contribution is -2.45. The van der Waals surface area contributed by atoms with Crippen molar-refractivity contribution in [1.29, 1.82) is 0 Å². The fourth-order valence-corrected chi connectivity index (χ4v) is 1.78. The molecule has 1 aliphatic heterocycles. The third-order valence-corrected chi connectivity index (χ3v) is 2.69. The van der Waals surface area contributed by atoms with Crippen molar-refractivity contribution in [3.8, 4) is 0 Å². The van der Waals surface area contributed by atoms with Crippen molar-refractivity contribution in [3.63, 3.8) is 0 Å². The summed E-state index contributed by atoms with van der Waals surface area (Å²) in [5, 5.41) is 6.31. The van der Waals surface area contributed by atoms with E-state index in [1.54, 1.807) is 12.3 Å². The first-order chi connectivity index (χ1) is 7.86. The van der Waals surface area contributed by atoms with Gasteiger partial charge in [-0.25, -0.2) is 9.37 Å². The van der Waals surface area contributed by atoms with E-state index in [9.17, 15) is 4.39 Å². The van der Waals surface area contributed by atoms with E-state index in [0.29, 0.717) is 5.82 Å². The van der Waals surface area contributed by atoms with Crippen LogP contribution in [0.1, 0.15) is 0 Å². The molecule has 1 aromatic rings. The summed E-state index contributed by atoms with van der Waals surface area (Å²) in [6.45, 7) is 5.86. The van der Waals surface area contributed by atoms with Crippen LogP contribution in [0, 0.1) is 5.82 Å². The highest BCUT2D eigenvalue weighted by Crippen LogP contribution is 2.07. The van der Waals surface area contributed by atoms with Gasteiger partial charge in [0.15, 0.2) is 11.6 Å². The zero-order chi connectivity index (χ0) is 11.2. The minimum absolute atomic E-state index is 0.289. The van der Waals surface area contributed by atoms with Gasteiger partial charge in [-0.2, -0.15) is 0 Å². The molecule has 2 N–H and O–H groups in total. The second-order valence-electron chi connectivity index (χ2n) is 3.85. The normalized spacial score (nSPS) is 17.3. The molecule has 2 heterocycles. The summed E-state index contributed by atoms with van der Waals surface area (Å²) in [6.07, 6.45) is 1.59. The average Bonchev–Trinajstić information content (AvgIpc) is 2.33. The van der Waals surface area contributed by atoms with Gasteiger partial charge in [0, 0.05) is 45.5 Å². The van der Waals surface area contributed by atoms with E-state index >= 15 is 0 Å². The zero-order valence-corrected chi connectivity index (χ0v) is 9.25. The molecule has 0 radical (unpaired) electrons. The van der Waals surface area contributed by atoms with Crippen molar-refractivity contribution >= 4 is 5.82 Å². The monoisotopic (exact) mass is 224 g/mol. The number of pyridine rings is 1. The first-order valence-corrected chi connectivity index (χ1v) is 5.64. The summed E-state index contributed by atoms with van der Waals surface area (Å²) in [5.41, 5.74) is 0. The van der Waals surface area contributed by atoms with Gasteiger partial charge in [0.25, 0.3) is 0 Å². The summed E-state index contributed by atoms with van der Waals surface area (Å²) in [7, 11) is 0. The van der Waals surface area contributed by atoms with Crippen LogP contribution >= 0.6 is 0 Å². The number of hydrogen-bond acceptors (Lipinski definition) is 4. The molecule has 1 fully saturated rings. The summed E-state index contributed by atoms with van der Waals surface area (Å²) in [5.74, 6) is 0.0560. The van der Waals surface area contributed by atoms with Crippen molar-refractivity contribution in [2.45, 2.75) is 0 Å². The van der Waals surface area contributed by atoms with E-state index in [2.05, 4.69) is 20.5 Å². The van der Waals surface area contributed by atoms with Crippen LogP contribution in [0.25, 0.3) is 0 Å². The maximum Gasteiger partial charge on any atom is 0.165 e. The maximum atomic E-state index is 13.2. The van der Waals surface area contributed by atoms with Gasteiger partial charge < -0.3 is 10.6 Å². The van der Waals surface area contributed by atoms with E-state index in [4.69, 9.17) is 0 Å². The fraction of sp³-hybridized carbons (Fsp3) is 0.545. The van der Waals surface area contributed by atoms with Crippen LogP contribution < -0.4 is 10.6 Å². The molecule has 4 nitrogen and oxygen atoms in total. The quantitative estimate of drug-likeness (QED) is 0.783. The third-order valence-electron chi connectivity index (χ3n) is 2.69. The van der Waals surface area contributed by atoms with E-state index in [1.165, 1.54) is 6.07 Å². The van der Waals surface area contributed by atoms with Crippen molar-refractivity contribution in [3.05, 3.63) is 24.1 Å². The number of rotatable bonds is 4. The lowest BCUT2D eigenvalue weighted by atomic mass is 10.3. The van der Waals surface area contributed by atoms with E-state index in [1.807, 2.05) is 0 Å². The molecule has 0 saturated carbocycles. The molecule has 16 heavy (non-hydrogen) atoms. The van der Waals surface area contributed by atoms with Crippen LogP contribution in [-0.4, -0.2) is 49.2 Å². The fourth-order valence-electron chi connectivity index (χ4n) is 1.78. The van der Waals surface area contributed by atoms with Gasteiger partial charge in [-0.3, -0.25) is 4.90 Å². The number of anilines is 1. The topological polar surface area (TPSA) is 40.2 Å². The van der Waals surface area contributed by atoms with Gasteiger partial charge in [-0.1, -0.05) is 0 Å². The summed E-state index contributed by atoms with van der Waals surface area (Å²) >= 11 is 0. The SMILES string of the molecule is Fc1cccnc1NCCN1CCNCC1. The average molecular weight is 224 g/mol. The van der Waals surface area contributed by atoms with Gasteiger partial charge in [0.2, 0.25) is 0 Å². The largest absolute Gasteiger partial charge is 0.366 e. The number of nitrogens with one attached hydrogen (secondary N) is 2. The molecule has 0 bridgehead atoms. The lowest BCUT2D eigenvalue weighted by molar-refractivity contribution is 0.249. The Balaban J connectivity index is 1.73. The molecule has 0 atom stereocenters. The molecule has 5 heteroatoms. The smallest absolute Gasteiger partial charge is 0.165 e. The van der Waals surface area contributed by atoms with Crippen molar-refractivity contribution in [2.75, 3.05) is 44.6 Å². The van der Waals surface area contributed by atoms with Crippen LogP contribution in [0.4, 0.5) is 10.2 Å². The molecular formula is C11H17FN4. The minimum atomic E-state index is -0.289. The molecule has 0 amide bonds. The van der Waals surface area contributed by atoms with E-state index in [0.717, 1.165) is 39.3 Å². The van der Waals surface area contributed by atoms with Gasteiger partial charge in [-0.05, 0) is 12.1 Å². The molecule has 0 unspecified atom stereocenters. The first kappa shape index (κ1) is 11.3. The van der Waals surface area contributed by atoms with Crippen LogP contribution in [0.15, 0.2) is 18.3 Å². The molecule has 0 aliphatic carbocycles. The van der Waals surface area contributed by atoms with Crippen LogP contribution in [0.5, 0.6) is 0 Å². The lowest BCUT2D eigenvalue weighted by Gasteiger charge is -2.27. The van der Waals surface area contributed by atoms with Gasteiger partial charge in [0.05, 0.1) is 0 Å². The highest BCUT2D eigenvalue weighted by Gasteiger charge is 2.08. The molecule has 0 aromatic carbocycles. The number of piperazine rings is 1.